The molecule has 1 fully saturated rings. The van der Waals surface area contributed by atoms with E-state index in [9.17, 15) is 8.78 Å². The van der Waals surface area contributed by atoms with Crippen LogP contribution < -0.4 is 10.1 Å². The lowest BCUT2D eigenvalue weighted by molar-refractivity contribution is -0.0871. The zero-order valence-corrected chi connectivity index (χ0v) is 14.3. The summed E-state index contributed by atoms with van der Waals surface area (Å²) in [7, 11) is 0. The number of benzene rings is 1. The Morgan fingerprint density at radius 1 is 1.29 bits per heavy atom. The molecule has 1 aliphatic carbocycles. The van der Waals surface area contributed by atoms with Crippen LogP contribution in [0, 0.1) is 17.0 Å². The molecule has 0 radical (unpaired) electrons. The van der Waals surface area contributed by atoms with E-state index < -0.39 is 11.6 Å². The van der Waals surface area contributed by atoms with Gasteiger partial charge in [-0.25, -0.2) is 8.78 Å². The van der Waals surface area contributed by atoms with Crippen molar-refractivity contribution < 1.29 is 13.5 Å². The average Bonchev–Trinajstić information content (AvgIpc) is 2.41. The minimum Gasteiger partial charge on any atom is -0.485 e. The van der Waals surface area contributed by atoms with Gasteiger partial charge in [0.25, 0.3) is 0 Å². The van der Waals surface area contributed by atoms with Gasteiger partial charge in [0.05, 0.1) is 4.47 Å². The first kappa shape index (κ1) is 16.7. The van der Waals surface area contributed by atoms with E-state index in [0.29, 0.717) is 10.5 Å². The molecular formula is C16H22BrF2NO. The Kier molecular flexibility index (Phi) is 5.25. The summed E-state index contributed by atoms with van der Waals surface area (Å²) in [6.07, 6.45) is 2.73. The second-order valence-corrected chi connectivity index (χ2v) is 6.45. The Morgan fingerprint density at radius 2 is 1.95 bits per heavy atom. The van der Waals surface area contributed by atoms with Crippen molar-refractivity contribution in [3.63, 3.8) is 0 Å². The molecular weight excluding hydrogens is 340 g/mol. The van der Waals surface area contributed by atoms with Crippen molar-refractivity contribution in [3.8, 4) is 5.75 Å². The fourth-order valence-electron chi connectivity index (χ4n) is 3.43. The molecule has 0 bridgehead atoms. The molecule has 21 heavy (non-hydrogen) atoms. The van der Waals surface area contributed by atoms with Crippen LogP contribution in [0.1, 0.15) is 40.0 Å². The predicted octanol–water partition coefficient (Wildman–Crippen LogP) is 4.66. The Morgan fingerprint density at radius 3 is 2.48 bits per heavy atom. The van der Waals surface area contributed by atoms with E-state index in [-0.39, 0.29) is 17.3 Å². The number of ether oxygens (including phenoxy) is 1. The number of nitrogens with one attached hydrogen (secondary N) is 1. The average molecular weight is 362 g/mol. The van der Waals surface area contributed by atoms with Gasteiger partial charge >= 0.3 is 0 Å². The highest BCUT2D eigenvalue weighted by Crippen LogP contribution is 2.49. The van der Waals surface area contributed by atoms with Crippen LogP contribution in [0.15, 0.2) is 16.6 Å². The zero-order chi connectivity index (χ0) is 15.6. The Balaban J connectivity index is 2.20. The second kappa shape index (κ2) is 6.61. The van der Waals surface area contributed by atoms with Crippen LogP contribution >= 0.6 is 15.9 Å². The summed E-state index contributed by atoms with van der Waals surface area (Å²) in [5.41, 5.74) is 0.0102. The fraction of sp³-hybridized carbons (Fsp3) is 0.625. The molecule has 5 heteroatoms. The van der Waals surface area contributed by atoms with Crippen LogP contribution in [0.5, 0.6) is 5.75 Å². The van der Waals surface area contributed by atoms with Gasteiger partial charge in [-0.15, -0.1) is 0 Å². The third-order valence-electron chi connectivity index (χ3n) is 4.78. The summed E-state index contributed by atoms with van der Waals surface area (Å²) < 4.78 is 33.3. The molecule has 0 aromatic heterocycles. The van der Waals surface area contributed by atoms with Crippen LogP contribution in [-0.2, 0) is 0 Å². The third-order valence-corrected chi connectivity index (χ3v) is 5.36. The zero-order valence-electron chi connectivity index (χ0n) is 12.7. The van der Waals surface area contributed by atoms with Crippen LogP contribution in [0.2, 0.25) is 0 Å². The van der Waals surface area contributed by atoms with Crippen molar-refractivity contribution in [2.75, 3.05) is 6.54 Å². The second-order valence-electron chi connectivity index (χ2n) is 5.59. The van der Waals surface area contributed by atoms with Gasteiger partial charge in [-0.3, -0.25) is 0 Å². The van der Waals surface area contributed by atoms with Crippen molar-refractivity contribution >= 4 is 15.9 Å². The van der Waals surface area contributed by atoms with Crippen molar-refractivity contribution in [3.05, 3.63) is 28.2 Å². The lowest BCUT2D eigenvalue weighted by atomic mass is 9.58. The molecule has 2 unspecified atom stereocenters. The summed E-state index contributed by atoms with van der Waals surface area (Å²) in [6, 6.07) is 2.49. The maximum Gasteiger partial charge on any atom is 0.169 e. The number of hydrogen-bond acceptors (Lipinski definition) is 2. The Bertz CT molecular complexity index is 482. The molecule has 1 aromatic rings. The molecule has 1 aromatic carbocycles. The third kappa shape index (κ3) is 2.95. The van der Waals surface area contributed by atoms with E-state index in [4.69, 9.17) is 4.74 Å². The van der Waals surface area contributed by atoms with Gasteiger partial charge in [0.15, 0.2) is 11.6 Å². The molecule has 1 saturated carbocycles. The number of halogens is 3. The molecule has 0 aliphatic heterocycles. The van der Waals surface area contributed by atoms with Crippen molar-refractivity contribution in [2.24, 2.45) is 5.41 Å². The molecule has 2 rings (SSSR count). The van der Waals surface area contributed by atoms with E-state index in [1.54, 1.807) is 0 Å². The maximum atomic E-state index is 13.9. The molecule has 2 atom stereocenters. The van der Waals surface area contributed by atoms with E-state index in [1.807, 2.05) is 0 Å². The molecule has 1 aliphatic rings. The quantitative estimate of drug-likeness (QED) is 0.795. The number of rotatable bonds is 6. The summed E-state index contributed by atoms with van der Waals surface area (Å²) in [5.74, 6) is -1.15. The normalized spacial score (nSPS) is 23.7. The van der Waals surface area contributed by atoms with Gasteiger partial charge in [0, 0.05) is 23.9 Å². The standard InChI is InChI=1S/C16H22BrF2NO/c1-4-16(5-2)13(20-6-3)9-14(16)21-15-11(17)7-10(18)8-12(15)19/h7-8,13-14,20H,4-6,9H2,1-3H3. The lowest BCUT2D eigenvalue weighted by Crippen LogP contribution is -2.64. The number of hydrogen-bond donors (Lipinski definition) is 1. The first-order chi connectivity index (χ1) is 9.98. The maximum absolute atomic E-state index is 13.9. The molecule has 2 nitrogen and oxygen atoms in total. The van der Waals surface area contributed by atoms with Crippen LogP contribution in [-0.4, -0.2) is 18.7 Å². The first-order valence-corrected chi connectivity index (χ1v) is 8.32. The highest BCUT2D eigenvalue weighted by molar-refractivity contribution is 9.10. The van der Waals surface area contributed by atoms with Gasteiger partial charge < -0.3 is 10.1 Å². The van der Waals surface area contributed by atoms with Crippen LogP contribution in [0.4, 0.5) is 8.78 Å². The van der Waals surface area contributed by atoms with Crippen LogP contribution in [0.3, 0.4) is 0 Å². The Hall–Kier alpha value is -0.680. The van der Waals surface area contributed by atoms with Crippen LogP contribution in [0.25, 0.3) is 0 Å². The van der Waals surface area contributed by atoms with Gasteiger partial charge in [-0.05, 0) is 41.4 Å². The minimum absolute atomic E-state index is 0.0102. The summed E-state index contributed by atoms with van der Waals surface area (Å²) >= 11 is 3.19. The highest BCUT2D eigenvalue weighted by Gasteiger charge is 2.54. The van der Waals surface area contributed by atoms with Gasteiger partial charge in [0.2, 0.25) is 0 Å². The first-order valence-electron chi connectivity index (χ1n) is 7.53. The molecule has 118 valence electrons. The Labute approximate surface area is 133 Å². The molecule has 0 heterocycles. The van der Waals surface area contributed by atoms with E-state index in [0.717, 1.165) is 31.9 Å². The lowest BCUT2D eigenvalue weighted by Gasteiger charge is -2.55. The summed E-state index contributed by atoms with van der Waals surface area (Å²) in [6.45, 7) is 7.27. The summed E-state index contributed by atoms with van der Waals surface area (Å²) in [5, 5.41) is 3.48. The monoisotopic (exact) mass is 361 g/mol. The van der Waals surface area contributed by atoms with Gasteiger partial charge in [0.1, 0.15) is 11.9 Å². The molecule has 0 amide bonds. The van der Waals surface area contributed by atoms with E-state index in [2.05, 4.69) is 42.0 Å². The smallest absolute Gasteiger partial charge is 0.169 e. The SMILES string of the molecule is CCNC1CC(Oc2c(F)cc(F)cc2Br)C1(CC)CC. The topological polar surface area (TPSA) is 21.3 Å². The highest BCUT2D eigenvalue weighted by atomic mass is 79.9. The molecule has 0 saturated heterocycles. The molecule has 0 spiro atoms. The van der Waals surface area contributed by atoms with Gasteiger partial charge in [-0.2, -0.15) is 0 Å². The van der Waals surface area contributed by atoms with Crippen molar-refractivity contribution in [1.29, 1.82) is 0 Å². The fourth-order valence-corrected chi connectivity index (χ4v) is 3.93. The van der Waals surface area contributed by atoms with Crippen molar-refractivity contribution in [2.45, 2.75) is 52.2 Å². The van der Waals surface area contributed by atoms with Gasteiger partial charge in [-0.1, -0.05) is 20.8 Å². The predicted molar refractivity (Wildman–Crippen MR) is 83.6 cm³/mol. The summed E-state index contributed by atoms with van der Waals surface area (Å²) in [4.78, 5) is 0. The van der Waals surface area contributed by atoms with Crippen molar-refractivity contribution in [1.82, 2.24) is 5.32 Å². The molecule has 1 N–H and O–H groups in total. The van der Waals surface area contributed by atoms with E-state index in [1.165, 1.54) is 6.07 Å². The van der Waals surface area contributed by atoms with E-state index >= 15 is 0 Å². The minimum atomic E-state index is -0.658. The largest absolute Gasteiger partial charge is 0.485 e.